The van der Waals surface area contributed by atoms with Crippen LogP contribution < -0.4 is 5.32 Å². The first-order chi connectivity index (χ1) is 17.2. The molecule has 3 aromatic rings. The molecule has 2 aliphatic heterocycles. The van der Waals surface area contributed by atoms with Crippen LogP contribution in [0.25, 0.3) is 16.8 Å². The molecule has 0 bridgehead atoms. The Morgan fingerprint density at radius 2 is 2.03 bits per heavy atom. The summed E-state index contributed by atoms with van der Waals surface area (Å²) in [6, 6.07) is 9.04. The summed E-state index contributed by atoms with van der Waals surface area (Å²) in [4.78, 5) is 31.9. The molecule has 1 aromatic carbocycles. The molecule has 1 fully saturated rings. The number of carbonyl (C=O) groups is 2. The summed E-state index contributed by atoms with van der Waals surface area (Å²) in [5, 5.41) is 5.19. The van der Waals surface area contributed by atoms with Gasteiger partial charge in [-0.2, -0.15) is 0 Å². The SMILES string of the molecule is Cc1cc(C(=O)N2CC[C@H]2C(=O)Nc2nc(-c3cccc(C4=CCOCC4)c3)cs2)cn1S(C)(=O)=O. The fourth-order valence-corrected chi connectivity index (χ4v) is 6.02. The zero-order chi connectivity index (χ0) is 25.4. The van der Waals surface area contributed by atoms with Gasteiger partial charge in [0.25, 0.3) is 5.91 Å². The van der Waals surface area contributed by atoms with Gasteiger partial charge in [0.2, 0.25) is 15.9 Å². The molecule has 2 amide bonds. The number of aromatic nitrogens is 2. The number of nitrogens with one attached hydrogen (secondary N) is 1. The smallest absolute Gasteiger partial charge is 0.256 e. The zero-order valence-corrected chi connectivity index (χ0v) is 21.6. The van der Waals surface area contributed by atoms with Crippen molar-refractivity contribution < 1.29 is 22.7 Å². The minimum atomic E-state index is -3.51. The van der Waals surface area contributed by atoms with Crippen LogP contribution in [0.5, 0.6) is 0 Å². The molecule has 1 saturated heterocycles. The van der Waals surface area contributed by atoms with Gasteiger partial charge in [-0.25, -0.2) is 17.4 Å². The summed E-state index contributed by atoms with van der Waals surface area (Å²) in [5.41, 5.74) is 4.80. The number of ether oxygens (including phenoxy) is 1. The van der Waals surface area contributed by atoms with Gasteiger partial charge < -0.3 is 15.0 Å². The van der Waals surface area contributed by atoms with Crippen molar-refractivity contribution >= 4 is 43.9 Å². The van der Waals surface area contributed by atoms with E-state index >= 15 is 0 Å². The van der Waals surface area contributed by atoms with E-state index < -0.39 is 16.1 Å². The van der Waals surface area contributed by atoms with Crippen LogP contribution in [0.2, 0.25) is 0 Å². The highest BCUT2D eigenvalue weighted by atomic mass is 32.2. The third-order valence-electron chi connectivity index (χ3n) is 6.38. The maximum absolute atomic E-state index is 13.0. The van der Waals surface area contributed by atoms with Crippen LogP contribution in [-0.2, 0) is 19.6 Å². The molecular weight excluding hydrogens is 500 g/mol. The summed E-state index contributed by atoms with van der Waals surface area (Å²) in [5.74, 6) is -0.679. The van der Waals surface area contributed by atoms with Crippen molar-refractivity contribution in [1.82, 2.24) is 13.9 Å². The number of aryl methyl sites for hydroxylation is 1. The van der Waals surface area contributed by atoms with Crippen LogP contribution in [0.15, 0.2) is 48.0 Å². The monoisotopic (exact) mass is 526 g/mol. The van der Waals surface area contributed by atoms with Crippen molar-refractivity contribution in [1.29, 1.82) is 0 Å². The van der Waals surface area contributed by atoms with Gasteiger partial charge in [0.05, 0.1) is 30.7 Å². The number of anilines is 1. The summed E-state index contributed by atoms with van der Waals surface area (Å²) in [6.45, 7) is 3.38. The number of likely N-dealkylation sites (tertiary alicyclic amines) is 1. The van der Waals surface area contributed by atoms with E-state index in [4.69, 9.17) is 4.74 Å². The Bertz CT molecular complexity index is 1470. The predicted molar refractivity (Wildman–Crippen MR) is 138 cm³/mol. The van der Waals surface area contributed by atoms with E-state index in [0.717, 1.165) is 33.5 Å². The molecule has 0 saturated carbocycles. The summed E-state index contributed by atoms with van der Waals surface area (Å²) < 4.78 is 30.2. The zero-order valence-electron chi connectivity index (χ0n) is 19.9. The maximum atomic E-state index is 13.0. The lowest BCUT2D eigenvalue weighted by Crippen LogP contribution is -2.56. The van der Waals surface area contributed by atoms with Crippen LogP contribution in [0.3, 0.4) is 0 Å². The first kappa shape index (κ1) is 24.4. The van der Waals surface area contributed by atoms with Crippen LogP contribution in [-0.4, -0.2) is 66.1 Å². The molecule has 11 heteroatoms. The van der Waals surface area contributed by atoms with Gasteiger partial charge in [-0.1, -0.05) is 24.3 Å². The number of rotatable bonds is 6. The number of hydrogen-bond donors (Lipinski definition) is 1. The fourth-order valence-electron chi connectivity index (χ4n) is 4.42. The summed E-state index contributed by atoms with van der Waals surface area (Å²) >= 11 is 1.33. The second-order valence-electron chi connectivity index (χ2n) is 8.89. The first-order valence-corrected chi connectivity index (χ1v) is 14.3. The number of benzene rings is 1. The largest absolute Gasteiger partial charge is 0.377 e. The standard InChI is InChI=1S/C25H26N4O5S2/c1-16-12-20(14-29(16)36(2,32)33)24(31)28-9-6-22(28)23(30)27-25-26-21(15-35-25)19-5-3-4-18(13-19)17-7-10-34-11-8-17/h3-5,7,12-15,22H,6,8-11H2,1-2H3,(H,26,27,30)/t22-/m0/s1. The third-order valence-corrected chi connectivity index (χ3v) is 8.25. The average Bonchev–Trinajstić information content (AvgIpc) is 3.45. The Kier molecular flexibility index (Phi) is 6.54. The number of nitrogens with zero attached hydrogens (tertiary/aromatic N) is 3. The topological polar surface area (TPSA) is 111 Å². The molecule has 36 heavy (non-hydrogen) atoms. The molecular formula is C25H26N4O5S2. The van der Waals surface area contributed by atoms with E-state index in [-0.39, 0.29) is 17.4 Å². The normalized spacial score (nSPS) is 17.9. The average molecular weight is 527 g/mol. The minimum Gasteiger partial charge on any atom is -0.377 e. The number of carbonyl (C=O) groups excluding carboxylic acids is 2. The highest BCUT2D eigenvalue weighted by Crippen LogP contribution is 2.30. The fraction of sp³-hybridized carbons (Fsp3) is 0.320. The maximum Gasteiger partial charge on any atom is 0.256 e. The number of amides is 2. The molecule has 9 nitrogen and oxygen atoms in total. The summed E-state index contributed by atoms with van der Waals surface area (Å²) in [7, 11) is -3.51. The van der Waals surface area contributed by atoms with E-state index in [1.165, 1.54) is 34.1 Å². The Morgan fingerprint density at radius 3 is 2.69 bits per heavy atom. The molecule has 0 aliphatic carbocycles. The third kappa shape index (κ3) is 4.86. The van der Waals surface area contributed by atoms with Gasteiger partial charge in [-0.15, -0.1) is 11.3 Å². The number of hydrogen-bond acceptors (Lipinski definition) is 7. The van der Waals surface area contributed by atoms with Gasteiger partial charge >= 0.3 is 0 Å². The van der Waals surface area contributed by atoms with E-state index in [0.29, 0.717) is 37.0 Å². The van der Waals surface area contributed by atoms with Gasteiger partial charge in [0.1, 0.15) is 6.04 Å². The lowest BCUT2D eigenvalue weighted by Gasteiger charge is -2.39. The Balaban J connectivity index is 1.26. The molecule has 1 atom stereocenters. The molecule has 4 heterocycles. The van der Waals surface area contributed by atoms with E-state index in [2.05, 4.69) is 28.5 Å². The van der Waals surface area contributed by atoms with Gasteiger partial charge in [0, 0.05) is 29.4 Å². The van der Waals surface area contributed by atoms with Crippen molar-refractivity contribution in [3.63, 3.8) is 0 Å². The number of thiazole rings is 1. The van der Waals surface area contributed by atoms with Gasteiger partial charge in [-0.3, -0.25) is 9.59 Å². The second-order valence-corrected chi connectivity index (χ2v) is 11.6. The first-order valence-electron chi connectivity index (χ1n) is 11.6. The predicted octanol–water partition coefficient (Wildman–Crippen LogP) is 3.38. The van der Waals surface area contributed by atoms with Crippen molar-refractivity contribution in [3.8, 4) is 11.3 Å². The lowest BCUT2D eigenvalue weighted by atomic mass is 9.99. The molecule has 5 rings (SSSR count). The van der Waals surface area contributed by atoms with E-state index in [1.807, 2.05) is 17.5 Å². The van der Waals surface area contributed by atoms with Gasteiger partial charge in [0.15, 0.2) is 5.13 Å². The molecule has 0 radical (unpaired) electrons. The Morgan fingerprint density at radius 1 is 1.22 bits per heavy atom. The summed E-state index contributed by atoms with van der Waals surface area (Å²) in [6.07, 6.45) is 5.88. The van der Waals surface area contributed by atoms with Gasteiger partial charge in [-0.05, 0) is 43.0 Å². The van der Waals surface area contributed by atoms with Crippen molar-refractivity contribution in [2.24, 2.45) is 0 Å². The molecule has 0 spiro atoms. The lowest BCUT2D eigenvalue weighted by molar-refractivity contribution is -0.123. The van der Waals surface area contributed by atoms with Crippen molar-refractivity contribution in [2.75, 3.05) is 31.3 Å². The van der Waals surface area contributed by atoms with Crippen LogP contribution in [0, 0.1) is 6.92 Å². The van der Waals surface area contributed by atoms with Crippen LogP contribution >= 0.6 is 11.3 Å². The molecule has 2 aromatic heterocycles. The molecule has 1 N–H and O–H groups in total. The Hall–Kier alpha value is -3.28. The van der Waals surface area contributed by atoms with E-state index in [1.54, 1.807) is 6.92 Å². The quantitative estimate of drug-likeness (QED) is 0.527. The molecule has 2 aliphatic rings. The van der Waals surface area contributed by atoms with Crippen molar-refractivity contribution in [2.45, 2.75) is 25.8 Å². The highest BCUT2D eigenvalue weighted by molar-refractivity contribution is 7.89. The van der Waals surface area contributed by atoms with Crippen LogP contribution in [0.4, 0.5) is 5.13 Å². The molecule has 0 unspecified atom stereocenters. The minimum absolute atomic E-state index is 0.242. The van der Waals surface area contributed by atoms with E-state index in [9.17, 15) is 18.0 Å². The van der Waals surface area contributed by atoms with Crippen molar-refractivity contribution in [3.05, 3.63) is 64.8 Å². The Labute approximate surface area is 213 Å². The second kappa shape index (κ2) is 9.64. The van der Waals surface area contributed by atoms with Crippen LogP contribution in [0.1, 0.15) is 34.5 Å². The molecule has 188 valence electrons. The highest BCUT2D eigenvalue weighted by Gasteiger charge is 2.38.